The first-order valence-electron chi connectivity index (χ1n) is 7.00. The van der Waals surface area contributed by atoms with Crippen molar-refractivity contribution in [3.8, 4) is 5.75 Å². The Morgan fingerprint density at radius 3 is 2.80 bits per heavy atom. The first kappa shape index (κ1) is 15.0. The van der Waals surface area contributed by atoms with Crippen LogP contribution in [0.2, 0.25) is 0 Å². The van der Waals surface area contributed by atoms with E-state index in [4.69, 9.17) is 10.5 Å². The van der Waals surface area contributed by atoms with Crippen LogP contribution in [0.5, 0.6) is 5.75 Å². The first-order valence-corrected chi connectivity index (χ1v) is 7.88. The van der Waals surface area contributed by atoms with Crippen LogP contribution in [0.3, 0.4) is 0 Å². The fourth-order valence-corrected chi connectivity index (χ4v) is 3.32. The summed E-state index contributed by atoms with van der Waals surface area (Å²) in [5.41, 5.74) is 6.63. The number of thioether (sulfide) groups is 1. The molecule has 0 radical (unpaired) electrons. The molecule has 1 unspecified atom stereocenters. The zero-order chi connectivity index (χ0) is 14.5. The standard InChI is InChI=1S/C15H22N2O2S/c1-10(15(18)17-11-5-3-4-6-11)20-14-9-12(19-2)7-8-13(14)16/h7-11H,3-6,16H2,1-2H3,(H,17,18). The van der Waals surface area contributed by atoms with E-state index in [1.165, 1.54) is 24.6 Å². The van der Waals surface area contributed by atoms with Gasteiger partial charge < -0.3 is 15.8 Å². The molecule has 0 saturated heterocycles. The van der Waals surface area contributed by atoms with Crippen molar-refractivity contribution in [2.45, 2.75) is 48.8 Å². The minimum absolute atomic E-state index is 0.0871. The Bertz CT molecular complexity index is 473. The fourth-order valence-electron chi connectivity index (χ4n) is 2.38. The van der Waals surface area contributed by atoms with E-state index >= 15 is 0 Å². The van der Waals surface area contributed by atoms with Crippen LogP contribution < -0.4 is 15.8 Å². The van der Waals surface area contributed by atoms with E-state index in [1.807, 2.05) is 25.1 Å². The number of nitrogen functional groups attached to an aromatic ring is 1. The van der Waals surface area contributed by atoms with E-state index in [-0.39, 0.29) is 11.2 Å². The number of benzene rings is 1. The van der Waals surface area contributed by atoms with Crippen LogP contribution in [-0.2, 0) is 4.79 Å². The molecule has 1 amide bonds. The van der Waals surface area contributed by atoms with Crippen molar-refractivity contribution in [3.63, 3.8) is 0 Å². The molecule has 20 heavy (non-hydrogen) atoms. The SMILES string of the molecule is COc1ccc(N)c(SC(C)C(=O)NC2CCCC2)c1. The number of methoxy groups -OCH3 is 1. The number of nitrogens with two attached hydrogens (primary N) is 1. The van der Waals surface area contributed by atoms with Gasteiger partial charge in [-0.15, -0.1) is 11.8 Å². The topological polar surface area (TPSA) is 64.3 Å². The van der Waals surface area contributed by atoms with Crippen molar-refractivity contribution in [1.29, 1.82) is 0 Å². The highest BCUT2D eigenvalue weighted by atomic mass is 32.2. The quantitative estimate of drug-likeness (QED) is 0.647. The Morgan fingerprint density at radius 1 is 1.45 bits per heavy atom. The molecule has 0 heterocycles. The number of anilines is 1. The second-order valence-corrected chi connectivity index (χ2v) is 6.54. The summed E-state index contributed by atoms with van der Waals surface area (Å²) in [5.74, 6) is 0.842. The van der Waals surface area contributed by atoms with Gasteiger partial charge in [0.1, 0.15) is 5.75 Å². The van der Waals surface area contributed by atoms with Crippen LogP contribution >= 0.6 is 11.8 Å². The van der Waals surface area contributed by atoms with Crippen molar-refractivity contribution >= 4 is 23.4 Å². The summed E-state index contributed by atoms with van der Waals surface area (Å²) in [6.45, 7) is 1.91. The molecule has 3 N–H and O–H groups in total. The van der Waals surface area contributed by atoms with Crippen LogP contribution in [0, 0.1) is 0 Å². The molecule has 1 aromatic carbocycles. The van der Waals surface area contributed by atoms with Gasteiger partial charge in [-0.05, 0) is 38.0 Å². The van der Waals surface area contributed by atoms with Crippen molar-refractivity contribution < 1.29 is 9.53 Å². The molecule has 4 nitrogen and oxygen atoms in total. The summed E-state index contributed by atoms with van der Waals surface area (Å²) >= 11 is 1.47. The highest BCUT2D eigenvalue weighted by molar-refractivity contribution is 8.00. The second-order valence-electron chi connectivity index (χ2n) is 5.15. The number of hydrogen-bond acceptors (Lipinski definition) is 4. The zero-order valence-corrected chi connectivity index (χ0v) is 12.8. The van der Waals surface area contributed by atoms with Gasteiger partial charge in [-0.1, -0.05) is 12.8 Å². The van der Waals surface area contributed by atoms with Gasteiger partial charge in [-0.3, -0.25) is 4.79 Å². The molecule has 1 aliphatic carbocycles. The van der Waals surface area contributed by atoms with Crippen molar-refractivity contribution in [1.82, 2.24) is 5.32 Å². The van der Waals surface area contributed by atoms with Crippen molar-refractivity contribution in [2.24, 2.45) is 0 Å². The third-order valence-electron chi connectivity index (χ3n) is 3.60. The summed E-state index contributed by atoms with van der Waals surface area (Å²) in [4.78, 5) is 13.1. The maximum Gasteiger partial charge on any atom is 0.233 e. The predicted molar refractivity (Wildman–Crippen MR) is 83.1 cm³/mol. The zero-order valence-electron chi connectivity index (χ0n) is 12.0. The fraction of sp³-hybridized carbons (Fsp3) is 0.533. The van der Waals surface area contributed by atoms with Crippen LogP contribution in [0.25, 0.3) is 0 Å². The molecule has 1 fully saturated rings. The molecule has 1 aliphatic rings. The Balaban J connectivity index is 1.95. The first-order chi connectivity index (χ1) is 9.60. The van der Waals surface area contributed by atoms with Gasteiger partial charge in [0.15, 0.2) is 0 Å². The minimum atomic E-state index is -0.162. The van der Waals surface area contributed by atoms with E-state index in [0.717, 1.165) is 23.5 Å². The van der Waals surface area contributed by atoms with Crippen molar-refractivity contribution in [2.75, 3.05) is 12.8 Å². The lowest BCUT2D eigenvalue weighted by atomic mass is 10.2. The van der Waals surface area contributed by atoms with E-state index < -0.39 is 0 Å². The number of rotatable bonds is 5. The monoisotopic (exact) mass is 294 g/mol. The Labute approximate surface area is 124 Å². The molecule has 1 aromatic rings. The van der Waals surface area contributed by atoms with Gasteiger partial charge in [0.25, 0.3) is 0 Å². The molecule has 1 saturated carbocycles. The number of hydrogen-bond donors (Lipinski definition) is 2. The summed E-state index contributed by atoms with van der Waals surface area (Å²) in [5, 5.41) is 2.95. The molecule has 0 aliphatic heterocycles. The Morgan fingerprint density at radius 2 is 2.15 bits per heavy atom. The molecule has 1 atom stereocenters. The average molecular weight is 294 g/mol. The average Bonchev–Trinajstić information content (AvgIpc) is 2.94. The van der Waals surface area contributed by atoms with Gasteiger partial charge in [0.2, 0.25) is 5.91 Å². The van der Waals surface area contributed by atoms with E-state index in [2.05, 4.69) is 5.32 Å². The molecule has 2 rings (SSSR count). The number of carbonyl (C=O) groups excluding carboxylic acids is 1. The normalized spacial score (nSPS) is 16.9. The van der Waals surface area contributed by atoms with Crippen LogP contribution in [0.1, 0.15) is 32.6 Å². The molecule has 0 aromatic heterocycles. The van der Waals surface area contributed by atoms with Gasteiger partial charge in [0.05, 0.1) is 12.4 Å². The molecule has 5 heteroatoms. The van der Waals surface area contributed by atoms with Crippen LogP contribution in [0.15, 0.2) is 23.1 Å². The lowest BCUT2D eigenvalue weighted by molar-refractivity contribution is -0.120. The Kier molecular flexibility index (Phi) is 5.17. The summed E-state index contributed by atoms with van der Waals surface area (Å²) < 4.78 is 5.19. The summed E-state index contributed by atoms with van der Waals surface area (Å²) in [6, 6.07) is 5.86. The summed E-state index contributed by atoms with van der Waals surface area (Å²) in [7, 11) is 1.62. The van der Waals surface area contributed by atoms with Crippen LogP contribution in [-0.4, -0.2) is 24.3 Å². The van der Waals surface area contributed by atoms with Gasteiger partial charge in [0, 0.05) is 16.6 Å². The lowest BCUT2D eigenvalue weighted by Gasteiger charge is -2.17. The third-order valence-corrected chi connectivity index (χ3v) is 4.77. The third kappa shape index (κ3) is 3.82. The van der Waals surface area contributed by atoms with E-state index in [9.17, 15) is 4.79 Å². The molecule has 110 valence electrons. The smallest absolute Gasteiger partial charge is 0.233 e. The molecule has 0 spiro atoms. The highest BCUT2D eigenvalue weighted by Crippen LogP contribution is 2.32. The van der Waals surface area contributed by atoms with Crippen molar-refractivity contribution in [3.05, 3.63) is 18.2 Å². The van der Waals surface area contributed by atoms with Gasteiger partial charge >= 0.3 is 0 Å². The van der Waals surface area contributed by atoms with E-state index in [0.29, 0.717) is 11.7 Å². The molecular formula is C15H22N2O2S. The predicted octanol–water partition coefficient (Wildman–Crippen LogP) is 2.82. The van der Waals surface area contributed by atoms with E-state index in [1.54, 1.807) is 7.11 Å². The second kappa shape index (κ2) is 6.88. The van der Waals surface area contributed by atoms with Gasteiger partial charge in [-0.25, -0.2) is 0 Å². The van der Waals surface area contributed by atoms with Crippen LogP contribution in [0.4, 0.5) is 5.69 Å². The Hall–Kier alpha value is -1.36. The molecule has 0 bridgehead atoms. The molecular weight excluding hydrogens is 272 g/mol. The number of nitrogens with one attached hydrogen (secondary N) is 1. The highest BCUT2D eigenvalue weighted by Gasteiger charge is 2.21. The number of carbonyl (C=O) groups is 1. The minimum Gasteiger partial charge on any atom is -0.497 e. The maximum absolute atomic E-state index is 12.2. The lowest BCUT2D eigenvalue weighted by Crippen LogP contribution is -2.37. The number of ether oxygens (including phenoxy) is 1. The number of amides is 1. The van der Waals surface area contributed by atoms with Gasteiger partial charge in [-0.2, -0.15) is 0 Å². The summed E-state index contributed by atoms with van der Waals surface area (Å²) in [6.07, 6.45) is 4.64. The largest absolute Gasteiger partial charge is 0.497 e. The maximum atomic E-state index is 12.2.